The van der Waals surface area contributed by atoms with Crippen molar-refractivity contribution in [3.63, 3.8) is 0 Å². The highest BCUT2D eigenvalue weighted by atomic mass is 16.5. The summed E-state index contributed by atoms with van der Waals surface area (Å²) in [5.74, 6) is 0.570. The molecule has 0 atom stereocenters. The predicted octanol–water partition coefficient (Wildman–Crippen LogP) is 2.95. The lowest BCUT2D eigenvalue weighted by atomic mass is 10.2. The van der Waals surface area contributed by atoms with Crippen LogP contribution in [0.2, 0.25) is 0 Å². The van der Waals surface area contributed by atoms with Gasteiger partial charge in [-0.25, -0.2) is 4.68 Å². The summed E-state index contributed by atoms with van der Waals surface area (Å²) < 4.78 is 8.96. The fraction of sp³-hybridized carbons (Fsp3) is 0.278. The second-order valence-corrected chi connectivity index (χ2v) is 5.53. The summed E-state index contributed by atoms with van der Waals surface area (Å²) in [5, 5.41) is 11.1. The molecule has 0 radical (unpaired) electrons. The van der Waals surface area contributed by atoms with Gasteiger partial charge in [-0.05, 0) is 37.1 Å². The molecule has 0 aliphatic rings. The van der Waals surface area contributed by atoms with Crippen LogP contribution in [0.5, 0.6) is 5.75 Å². The summed E-state index contributed by atoms with van der Waals surface area (Å²) in [5.41, 5.74) is 2.39. The van der Waals surface area contributed by atoms with Crippen molar-refractivity contribution in [1.82, 2.24) is 19.6 Å². The Morgan fingerprint density at radius 2 is 1.96 bits per heavy atom. The number of benzene rings is 1. The van der Waals surface area contributed by atoms with Crippen molar-refractivity contribution in [1.29, 1.82) is 0 Å². The molecular weight excluding hydrogens is 318 g/mol. The van der Waals surface area contributed by atoms with Crippen LogP contribution in [0.1, 0.15) is 29.9 Å². The fourth-order valence-corrected chi connectivity index (χ4v) is 2.43. The van der Waals surface area contributed by atoms with Crippen LogP contribution >= 0.6 is 0 Å². The molecule has 0 saturated carbocycles. The van der Waals surface area contributed by atoms with Crippen molar-refractivity contribution in [3.05, 3.63) is 60.2 Å². The average Bonchev–Trinajstić information content (AvgIpc) is 3.29. The van der Waals surface area contributed by atoms with E-state index >= 15 is 0 Å². The van der Waals surface area contributed by atoms with E-state index in [1.807, 2.05) is 31.2 Å². The lowest BCUT2D eigenvalue weighted by molar-refractivity contribution is 0.101. The molecular formula is C18H21N5O2. The van der Waals surface area contributed by atoms with E-state index in [1.165, 1.54) is 5.56 Å². The van der Waals surface area contributed by atoms with E-state index in [9.17, 15) is 4.79 Å². The Morgan fingerprint density at radius 3 is 2.68 bits per heavy atom. The number of nitrogens with one attached hydrogen (secondary N) is 1. The number of nitrogens with zero attached hydrogens (tertiary/aromatic N) is 4. The first-order valence-corrected chi connectivity index (χ1v) is 8.27. The third kappa shape index (κ3) is 4.06. The molecule has 0 fully saturated rings. The quantitative estimate of drug-likeness (QED) is 0.718. The van der Waals surface area contributed by atoms with Gasteiger partial charge in [-0.15, -0.1) is 0 Å². The molecule has 3 rings (SSSR count). The van der Waals surface area contributed by atoms with Crippen molar-refractivity contribution in [3.8, 4) is 5.75 Å². The molecule has 0 bridgehead atoms. The Kier molecular flexibility index (Phi) is 5.13. The zero-order chi connectivity index (χ0) is 17.6. The first-order valence-electron chi connectivity index (χ1n) is 8.27. The smallest absolute Gasteiger partial charge is 0.274 e. The number of rotatable bonds is 7. The van der Waals surface area contributed by atoms with Crippen LogP contribution in [-0.4, -0.2) is 25.5 Å². The standard InChI is InChI=1S/C18H21N5O2/c1-3-14-5-7-16(8-6-14)25-13-22-12-15(11-20-22)21-18(24)17-9-10-19-23(17)4-2/h5-12H,3-4,13H2,1-2H3,(H,21,24). The Labute approximate surface area is 146 Å². The monoisotopic (exact) mass is 339 g/mol. The minimum Gasteiger partial charge on any atom is -0.471 e. The van der Waals surface area contributed by atoms with Crippen molar-refractivity contribution in [2.24, 2.45) is 0 Å². The Bertz CT molecular complexity index is 835. The van der Waals surface area contributed by atoms with Gasteiger partial charge < -0.3 is 10.1 Å². The number of carbonyl (C=O) groups excluding carboxylic acids is 1. The van der Waals surface area contributed by atoms with Gasteiger partial charge in [0.15, 0.2) is 6.73 Å². The minimum atomic E-state index is -0.213. The molecule has 1 N–H and O–H groups in total. The normalized spacial score (nSPS) is 10.6. The molecule has 3 aromatic rings. The van der Waals surface area contributed by atoms with Crippen LogP contribution < -0.4 is 10.1 Å². The molecule has 2 heterocycles. The number of carbonyl (C=O) groups is 1. The molecule has 1 amide bonds. The lowest BCUT2D eigenvalue weighted by Gasteiger charge is -2.07. The summed E-state index contributed by atoms with van der Waals surface area (Å²) in [6.45, 7) is 4.96. The van der Waals surface area contributed by atoms with Gasteiger partial charge in [0.2, 0.25) is 0 Å². The van der Waals surface area contributed by atoms with Gasteiger partial charge in [-0.1, -0.05) is 19.1 Å². The first-order chi connectivity index (χ1) is 12.2. The summed E-state index contributed by atoms with van der Waals surface area (Å²) in [7, 11) is 0. The van der Waals surface area contributed by atoms with E-state index in [1.54, 1.807) is 34.0 Å². The van der Waals surface area contributed by atoms with Crippen molar-refractivity contribution < 1.29 is 9.53 Å². The van der Waals surface area contributed by atoms with Gasteiger partial charge in [-0.2, -0.15) is 10.2 Å². The molecule has 2 aromatic heterocycles. The number of hydrogen-bond donors (Lipinski definition) is 1. The van der Waals surface area contributed by atoms with Gasteiger partial charge in [0.25, 0.3) is 5.91 Å². The molecule has 25 heavy (non-hydrogen) atoms. The number of anilines is 1. The summed E-state index contributed by atoms with van der Waals surface area (Å²) in [4.78, 5) is 12.3. The molecule has 0 aliphatic carbocycles. The minimum absolute atomic E-state index is 0.213. The van der Waals surface area contributed by atoms with Gasteiger partial charge in [-0.3, -0.25) is 9.48 Å². The molecule has 0 saturated heterocycles. The second-order valence-electron chi connectivity index (χ2n) is 5.53. The molecule has 0 aliphatic heterocycles. The summed E-state index contributed by atoms with van der Waals surface area (Å²) >= 11 is 0. The van der Waals surface area contributed by atoms with Crippen LogP contribution in [-0.2, 0) is 19.7 Å². The summed E-state index contributed by atoms with van der Waals surface area (Å²) in [6, 6.07) is 9.65. The van der Waals surface area contributed by atoms with Gasteiger partial charge in [0, 0.05) is 12.7 Å². The lowest BCUT2D eigenvalue weighted by Crippen LogP contribution is -2.17. The highest BCUT2D eigenvalue weighted by Crippen LogP contribution is 2.14. The van der Waals surface area contributed by atoms with Gasteiger partial charge in [0.05, 0.1) is 18.1 Å². The third-order valence-electron chi connectivity index (χ3n) is 3.83. The number of hydrogen-bond acceptors (Lipinski definition) is 4. The number of amides is 1. The maximum atomic E-state index is 12.3. The number of aromatic nitrogens is 4. The molecule has 1 aromatic carbocycles. The zero-order valence-corrected chi connectivity index (χ0v) is 14.3. The maximum absolute atomic E-state index is 12.3. The van der Waals surface area contributed by atoms with E-state index in [0.717, 1.165) is 12.2 Å². The SMILES string of the molecule is CCc1ccc(OCn2cc(NC(=O)c3ccnn3CC)cn2)cc1. The first kappa shape index (κ1) is 16.8. The number of ether oxygens (including phenoxy) is 1. The Hall–Kier alpha value is -3.09. The Balaban J connectivity index is 1.57. The van der Waals surface area contributed by atoms with Crippen LogP contribution in [0, 0.1) is 0 Å². The van der Waals surface area contributed by atoms with Crippen molar-refractivity contribution >= 4 is 11.6 Å². The van der Waals surface area contributed by atoms with Crippen LogP contribution in [0.3, 0.4) is 0 Å². The van der Waals surface area contributed by atoms with E-state index in [-0.39, 0.29) is 12.6 Å². The highest BCUT2D eigenvalue weighted by Gasteiger charge is 2.12. The van der Waals surface area contributed by atoms with Crippen LogP contribution in [0.4, 0.5) is 5.69 Å². The molecule has 7 heteroatoms. The largest absolute Gasteiger partial charge is 0.471 e. The van der Waals surface area contributed by atoms with Gasteiger partial charge in [0.1, 0.15) is 11.4 Å². The summed E-state index contributed by atoms with van der Waals surface area (Å²) in [6.07, 6.45) is 5.93. The average molecular weight is 339 g/mol. The van der Waals surface area contributed by atoms with E-state index in [4.69, 9.17) is 4.74 Å². The molecule has 130 valence electrons. The number of aryl methyl sites for hydroxylation is 2. The molecule has 7 nitrogen and oxygen atoms in total. The van der Waals surface area contributed by atoms with E-state index in [0.29, 0.717) is 17.9 Å². The topological polar surface area (TPSA) is 74.0 Å². The zero-order valence-electron chi connectivity index (χ0n) is 14.3. The molecule has 0 spiro atoms. The van der Waals surface area contributed by atoms with Crippen molar-refractivity contribution in [2.45, 2.75) is 33.5 Å². The highest BCUT2D eigenvalue weighted by molar-refractivity contribution is 6.02. The predicted molar refractivity (Wildman–Crippen MR) is 94.5 cm³/mol. The second kappa shape index (κ2) is 7.65. The van der Waals surface area contributed by atoms with E-state index in [2.05, 4.69) is 22.4 Å². The Morgan fingerprint density at radius 1 is 1.16 bits per heavy atom. The van der Waals surface area contributed by atoms with Crippen molar-refractivity contribution in [2.75, 3.05) is 5.32 Å². The van der Waals surface area contributed by atoms with E-state index < -0.39 is 0 Å². The third-order valence-corrected chi connectivity index (χ3v) is 3.83. The van der Waals surface area contributed by atoms with Crippen LogP contribution in [0.25, 0.3) is 0 Å². The van der Waals surface area contributed by atoms with Crippen LogP contribution in [0.15, 0.2) is 48.9 Å². The fourth-order valence-electron chi connectivity index (χ4n) is 2.43. The molecule has 0 unspecified atom stereocenters. The maximum Gasteiger partial charge on any atom is 0.274 e. The van der Waals surface area contributed by atoms with Gasteiger partial charge >= 0.3 is 0 Å².